The normalized spacial score (nSPS) is 34.3. The summed E-state index contributed by atoms with van der Waals surface area (Å²) in [5.74, 6) is 3.19. The summed E-state index contributed by atoms with van der Waals surface area (Å²) < 4.78 is 5.35. The molecule has 4 fully saturated rings. The van der Waals surface area contributed by atoms with Gasteiger partial charge in [-0.05, 0) is 80.9 Å². The van der Waals surface area contributed by atoms with Gasteiger partial charge >= 0.3 is 6.03 Å². The van der Waals surface area contributed by atoms with Gasteiger partial charge in [0.2, 0.25) is 0 Å². The largest absolute Gasteiger partial charge is 0.495 e. The van der Waals surface area contributed by atoms with Gasteiger partial charge in [-0.2, -0.15) is 0 Å². The van der Waals surface area contributed by atoms with Crippen LogP contribution in [-0.4, -0.2) is 18.7 Å². The van der Waals surface area contributed by atoms with Crippen LogP contribution in [0.3, 0.4) is 0 Å². The summed E-state index contributed by atoms with van der Waals surface area (Å²) >= 11 is 0. The molecular weight excluding hydrogens is 288 g/mol. The highest BCUT2D eigenvalue weighted by molar-refractivity contribution is 5.91. The SMILES string of the molecule is COc1ccc(C)cc1NC(=O)NC12CC3CC(CC(C3)C1)C2. The van der Waals surface area contributed by atoms with E-state index in [1.807, 2.05) is 25.1 Å². The van der Waals surface area contributed by atoms with Crippen LogP contribution in [0.25, 0.3) is 0 Å². The predicted molar refractivity (Wildman–Crippen MR) is 90.8 cm³/mol. The van der Waals surface area contributed by atoms with Gasteiger partial charge in [0.25, 0.3) is 0 Å². The van der Waals surface area contributed by atoms with Crippen molar-refractivity contribution in [3.05, 3.63) is 23.8 Å². The van der Waals surface area contributed by atoms with Crippen molar-refractivity contribution in [1.82, 2.24) is 5.32 Å². The monoisotopic (exact) mass is 314 g/mol. The molecule has 2 N–H and O–H groups in total. The lowest BCUT2D eigenvalue weighted by atomic mass is 9.53. The van der Waals surface area contributed by atoms with Crippen LogP contribution in [0.5, 0.6) is 5.75 Å². The van der Waals surface area contributed by atoms with E-state index in [9.17, 15) is 4.79 Å². The summed E-state index contributed by atoms with van der Waals surface area (Å²) in [6.07, 6.45) is 7.64. The van der Waals surface area contributed by atoms with E-state index in [-0.39, 0.29) is 11.6 Å². The number of aryl methyl sites for hydroxylation is 1. The van der Waals surface area contributed by atoms with Crippen molar-refractivity contribution in [2.75, 3.05) is 12.4 Å². The van der Waals surface area contributed by atoms with Gasteiger partial charge in [0, 0.05) is 5.54 Å². The first-order valence-electron chi connectivity index (χ1n) is 8.79. The number of benzene rings is 1. The summed E-state index contributed by atoms with van der Waals surface area (Å²) in [7, 11) is 1.63. The topological polar surface area (TPSA) is 50.4 Å². The molecule has 0 atom stereocenters. The number of hydrogen-bond acceptors (Lipinski definition) is 2. The van der Waals surface area contributed by atoms with E-state index in [2.05, 4.69) is 10.6 Å². The Morgan fingerprint density at radius 3 is 2.30 bits per heavy atom. The minimum absolute atomic E-state index is 0.0376. The molecule has 1 aromatic rings. The van der Waals surface area contributed by atoms with Crippen molar-refractivity contribution in [3.63, 3.8) is 0 Å². The molecule has 0 saturated heterocycles. The van der Waals surface area contributed by atoms with Gasteiger partial charge in [-0.25, -0.2) is 4.79 Å². The zero-order chi connectivity index (χ0) is 16.0. The van der Waals surface area contributed by atoms with E-state index in [0.29, 0.717) is 5.75 Å². The lowest BCUT2D eigenvalue weighted by Crippen LogP contribution is -2.60. The minimum atomic E-state index is -0.0872. The highest BCUT2D eigenvalue weighted by atomic mass is 16.5. The van der Waals surface area contributed by atoms with Crippen molar-refractivity contribution in [2.24, 2.45) is 17.8 Å². The molecule has 23 heavy (non-hydrogen) atoms. The maximum Gasteiger partial charge on any atom is 0.319 e. The third-order valence-corrected chi connectivity index (χ3v) is 6.02. The van der Waals surface area contributed by atoms with Crippen LogP contribution in [0, 0.1) is 24.7 Å². The van der Waals surface area contributed by atoms with Crippen LogP contribution in [0.15, 0.2) is 18.2 Å². The standard InChI is InChI=1S/C19H26N2O2/c1-12-3-4-17(23-2)16(5-12)20-18(22)21-19-9-13-6-14(10-19)8-15(7-13)11-19/h3-5,13-15H,6-11H2,1-2H3,(H2,20,21,22). The van der Waals surface area contributed by atoms with Crippen LogP contribution < -0.4 is 15.4 Å². The molecule has 4 nitrogen and oxygen atoms in total. The number of rotatable bonds is 3. The molecule has 0 unspecified atom stereocenters. The molecule has 1 aromatic carbocycles. The molecule has 4 bridgehead atoms. The van der Waals surface area contributed by atoms with Crippen molar-refractivity contribution in [3.8, 4) is 5.75 Å². The molecule has 124 valence electrons. The summed E-state index contributed by atoms with van der Waals surface area (Å²) in [6.45, 7) is 2.02. The first-order valence-corrected chi connectivity index (χ1v) is 8.79. The Morgan fingerprint density at radius 1 is 1.13 bits per heavy atom. The fraction of sp³-hybridized carbons (Fsp3) is 0.632. The average Bonchev–Trinajstić information content (AvgIpc) is 2.45. The first-order chi connectivity index (χ1) is 11.0. The molecule has 0 aromatic heterocycles. The smallest absolute Gasteiger partial charge is 0.319 e. The first kappa shape index (κ1) is 14.9. The zero-order valence-electron chi connectivity index (χ0n) is 14.0. The third kappa shape index (κ3) is 2.79. The highest BCUT2D eigenvalue weighted by Crippen LogP contribution is 2.55. The van der Waals surface area contributed by atoms with Crippen LogP contribution in [0.1, 0.15) is 44.1 Å². The minimum Gasteiger partial charge on any atom is -0.495 e. The van der Waals surface area contributed by atoms with Crippen LogP contribution in [0.4, 0.5) is 10.5 Å². The van der Waals surface area contributed by atoms with Crippen LogP contribution in [0.2, 0.25) is 0 Å². The highest BCUT2D eigenvalue weighted by Gasteiger charge is 2.51. The molecule has 4 heteroatoms. The molecule has 0 aliphatic heterocycles. The Kier molecular flexibility index (Phi) is 3.51. The molecule has 2 amide bonds. The second-order valence-corrected chi connectivity index (χ2v) is 7.98. The Morgan fingerprint density at radius 2 is 1.74 bits per heavy atom. The van der Waals surface area contributed by atoms with Gasteiger partial charge in [-0.3, -0.25) is 0 Å². The van der Waals surface area contributed by atoms with E-state index < -0.39 is 0 Å². The molecule has 4 aliphatic carbocycles. The lowest BCUT2D eigenvalue weighted by Gasteiger charge is -2.56. The Hall–Kier alpha value is -1.71. The Balaban J connectivity index is 1.47. The van der Waals surface area contributed by atoms with Crippen molar-refractivity contribution in [2.45, 2.75) is 51.0 Å². The van der Waals surface area contributed by atoms with Crippen LogP contribution in [-0.2, 0) is 0 Å². The van der Waals surface area contributed by atoms with E-state index in [0.717, 1.165) is 29.0 Å². The maximum absolute atomic E-state index is 12.6. The number of ether oxygens (including phenoxy) is 1. The average molecular weight is 314 g/mol. The van der Waals surface area contributed by atoms with Crippen molar-refractivity contribution in [1.29, 1.82) is 0 Å². The van der Waals surface area contributed by atoms with Crippen molar-refractivity contribution < 1.29 is 9.53 Å². The molecule has 0 spiro atoms. The molecule has 0 heterocycles. The van der Waals surface area contributed by atoms with Gasteiger partial charge < -0.3 is 15.4 Å². The second-order valence-electron chi connectivity index (χ2n) is 7.98. The van der Waals surface area contributed by atoms with Gasteiger partial charge in [-0.1, -0.05) is 6.07 Å². The van der Waals surface area contributed by atoms with E-state index >= 15 is 0 Å². The fourth-order valence-corrected chi connectivity index (χ4v) is 5.58. The summed E-state index contributed by atoms with van der Waals surface area (Å²) in [5, 5.41) is 6.34. The van der Waals surface area contributed by atoms with Gasteiger partial charge in [0.05, 0.1) is 12.8 Å². The van der Waals surface area contributed by atoms with E-state index in [4.69, 9.17) is 4.74 Å². The molecular formula is C19H26N2O2. The number of urea groups is 1. The molecule has 0 radical (unpaired) electrons. The second kappa shape index (κ2) is 5.43. The number of hydrogen-bond donors (Lipinski definition) is 2. The van der Waals surface area contributed by atoms with E-state index in [1.165, 1.54) is 38.5 Å². The molecule has 4 aliphatic rings. The molecule has 4 saturated carbocycles. The lowest BCUT2D eigenvalue weighted by molar-refractivity contribution is -0.0127. The summed E-state index contributed by atoms with van der Waals surface area (Å²) in [5.41, 5.74) is 1.89. The number of carbonyl (C=O) groups excluding carboxylic acids is 1. The number of nitrogens with one attached hydrogen (secondary N) is 2. The number of carbonyl (C=O) groups is 1. The Labute approximate surface area is 138 Å². The predicted octanol–water partition coefficient (Wildman–Crippen LogP) is 4.09. The number of amides is 2. The fourth-order valence-electron chi connectivity index (χ4n) is 5.58. The van der Waals surface area contributed by atoms with E-state index in [1.54, 1.807) is 7.11 Å². The zero-order valence-corrected chi connectivity index (χ0v) is 14.0. The quantitative estimate of drug-likeness (QED) is 0.882. The Bertz CT molecular complexity index is 591. The summed E-state index contributed by atoms with van der Waals surface area (Å²) in [4.78, 5) is 12.6. The van der Waals surface area contributed by atoms with Crippen LogP contribution >= 0.6 is 0 Å². The number of methoxy groups -OCH3 is 1. The number of anilines is 1. The third-order valence-electron chi connectivity index (χ3n) is 6.02. The van der Waals surface area contributed by atoms with Gasteiger partial charge in [0.15, 0.2) is 0 Å². The van der Waals surface area contributed by atoms with Gasteiger partial charge in [-0.15, -0.1) is 0 Å². The van der Waals surface area contributed by atoms with Gasteiger partial charge in [0.1, 0.15) is 5.75 Å². The maximum atomic E-state index is 12.6. The van der Waals surface area contributed by atoms with Crippen molar-refractivity contribution >= 4 is 11.7 Å². The molecule has 5 rings (SSSR count). The summed E-state index contributed by atoms with van der Waals surface area (Å²) in [6, 6.07) is 5.75.